The lowest BCUT2D eigenvalue weighted by Crippen LogP contribution is -1.98. The van der Waals surface area contributed by atoms with Gasteiger partial charge in [0.1, 0.15) is 16.5 Å². The molecule has 4 aromatic rings. The number of benzene rings is 2. The van der Waals surface area contributed by atoms with Crippen molar-refractivity contribution in [3.63, 3.8) is 0 Å². The quantitative estimate of drug-likeness (QED) is 0.396. The van der Waals surface area contributed by atoms with Crippen LogP contribution >= 0.6 is 0 Å². The van der Waals surface area contributed by atoms with Crippen LogP contribution in [0.25, 0.3) is 23.1 Å². The summed E-state index contributed by atoms with van der Waals surface area (Å²) < 4.78 is 5.12. The lowest BCUT2D eigenvalue weighted by atomic mass is 10.2. The lowest BCUT2D eigenvalue weighted by Gasteiger charge is -2.09. The van der Waals surface area contributed by atoms with E-state index in [2.05, 4.69) is 15.3 Å². The number of nitro groups is 1. The van der Waals surface area contributed by atoms with Crippen LogP contribution in [0, 0.1) is 10.1 Å². The van der Waals surface area contributed by atoms with Crippen LogP contribution in [0.4, 0.5) is 17.4 Å². The number of nitrogens with zero attached hydrogens (tertiary/aromatic N) is 3. The summed E-state index contributed by atoms with van der Waals surface area (Å²) in [4.78, 5) is 19.2. The summed E-state index contributed by atoms with van der Waals surface area (Å²) in [5, 5.41) is 14.9. The SMILES string of the molecule is O=[N+]([O-])c1ccc(C=Cc2nc(Nc3ccccc3)c3ccccc3n2)o1. The molecule has 0 atom stereocenters. The number of aromatic nitrogens is 2. The van der Waals surface area contributed by atoms with Gasteiger partial charge in [0.15, 0.2) is 5.82 Å². The zero-order valence-electron chi connectivity index (χ0n) is 14.1. The smallest absolute Gasteiger partial charge is 0.401 e. The molecule has 0 aliphatic heterocycles. The maximum atomic E-state index is 10.7. The molecule has 0 fully saturated rings. The zero-order chi connectivity index (χ0) is 18.6. The Kier molecular flexibility index (Phi) is 4.32. The summed E-state index contributed by atoms with van der Waals surface area (Å²) >= 11 is 0. The molecule has 7 nitrogen and oxygen atoms in total. The Hall–Kier alpha value is -4.00. The van der Waals surface area contributed by atoms with Crippen molar-refractivity contribution in [2.45, 2.75) is 0 Å². The van der Waals surface area contributed by atoms with Crippen LogP contribution in [-0.2, 0) is 0 Å². The highest BCUT2D eigenvalue weighted by Crippen LogP contribution is 2.24. The van der Waals surface area contributed by atoms with Gasteiger partial charge in [0, 0.05) is 11.1 Å². The Morgan fingerprint density at radius 1 is 0.926 bits per heavy atom. The Labute approximate surface area is 154 Å². The van der Waals surface area contributed by atoms with Crippen molar-refractivity contribution in [3.8, 4) is 0 Å². The third-order valence-corrected chi connectivity index (χ3v) is 3.85. The molecular weight excluding hydrogens is 344 g/mol. The van der Waals surface area contributed by atoms with E-state index in [0.717, 1.165) is 16.6 Å². The third-order valence-electron chi connectivity index (χ3n) is 3.85. The highest BCUT2D eigenvalue weighted by atomic mass is 16.6. The highest BCUT2D eigenvalue weighted by molar-refractivity contribution is 5.91. The first-order valence-corrected chi connectivity index (χ1v) is 8.20. The van der Waals surface area contributed by atoms with Crippen LogP contribution < -0.4 is 5.32 Å². The molecule has 0 radical (unpaired) electrons. The third kappa shape index (κ3) is 3.67. The highest BCUT2D eigenvalue weighted by Gasteiger charge is 2.10. The van der Waals surface area contributed by atoms with Gasteiger partial charge in [-0.25, -0.2) is 9.97 Å². The van der Waals surface area contributed by atoms with Gasteiger partial charge in [0.2, 0.25) is 0 Å². The standard InChI is InChI=1S/C20H14N4O3/c25-24(26)19-13-11-15(27-19)10-12-18-22-17-9-5-4-8-16(17)20(23-18)21-14-6-2-1-3-7-14/h1-13H,(H,21,22,23). The van der Waals surface area contributed by atoms with Crippen molar-refractivity contribution in [1.82, 2.24) is 9.97 Å². The minimum absolute atomic E-state index is 0.305. The van der Waals surface area contributed by atoms with Gasteiger partial charge in [-0.1, -0.05) is 30.3 Å². The maximum absolute atomic E-state index is 10.7. The molecule has 0 aliphatic rings. The molecule has 0 unspecified atom stereocenters. The Bertz CT molecular complexity index is 1140. The molecule has 0 amide bonds. The van der Waals surface area contributed by atoms with Gasteiger partial charge in [0.25, 0.3) is 0 Å². The summed E-state index contributed by atoms with van der Waals surface area (Å²) in [7, 11) is 0. The van der Waals surface area contributed by atoms with Gasteiger partial charge in [-0.15, -0.1) is 0 Å². The van der Waals surface area contributed by atoms with E-state index in [1.54, 1.807) is 12.2 Å². The van der Waals surface area contributed by atoms with Gasteiger partial charge in [-0.05, 0) is 42.5 Å². The molecule has 0 saturated carbocycles. The molecule has 2 aromatic heterocycles. The number of rotatable bonds is 5. The molecule has 2 heterocycles. The first kappa shape index (κ1) is 16.5. The van der Waals surface area contributed by atoms with Crippen LogP contribution in [-0.4, -0.2) is 14.9 Å². The largest absolute Gasteiger partial charge is 0.433 e. The molecule has 0 saturated heterocycles. The van der Waals surface area contributed by atoms with Gasteiger partial charge >= 0.3 is 5.88 Å². The van der Waals surface area contributed by atoms with Crippen LogP contribution in [0.3, 0.4) is 0 Å². The van der Waals surface area contributed by atoms with E-state index in [-0.39, 0.29) is 5.88 Å². The van der Waals surface area contributed by atoms with Gasteiger partial charge < -0.3 is 9.73 Å². The first-order chi connectivity index (χ1) is 13.2. The fourth-order valence-electron chi connectivity index (χ4n) is 2.61. The molecule has 0 spiro atoms. The van der Waals surface area contributed by atoms with E-state index < -0.39 is 4.92 Å². The molecule has 2 aromatic carbocycles. The molecular formula is C20H14N4O3. The monoisotopic (exact) mass is 358 g/mol. The van der Waals surface area contributed by atoms with Gasteiger partial charge in [-0.2, -0.15) is 0 Å². The van der Waals surface area contributed by atoms with E-state index in [1.807, 2.05) is 54.6 Å². The average molecular weight is 358 g/mol. The minimum Gasteiger partial charge on any atom is -0.401 e. The second kappa shape index (κ2) is 7.09. The molecule has 132 valence electrons. The lowest BCUT2D eigenvalue weighted by molar-refractivity contribution is -0.402. The zero-order valence-corrected chi connectivity index (χ0v) is 14.1. The van der Waals surface area contributed by atoms with Crippen LogP contribution in [0.15, 0.2) is 71.1 Å². The fourth-order valence-corrected chi connectivity index (χ4v) is 2.61. The second-order valence-electron chi connectivity index (χ2n) is 5.71. The number of fused-ring (bicyclic) bond motifs is 1. The van der Waals surface area contributed by atoms with Gasteiger partial charge in [-0.3, -0.25) is 10.1 Å². The second-order valence-corrected chi connectivity index (χ2v) is 5.71. The van der Waals surface area contributed by atoms with E-state index in [9.17, 15) is 10.1 Å². The van der Waals surface area contributed by atoms with E-state index in [0.29, 0.717) is 17.4 Å². The van der Waals surface area contributed by atoms with Crippen LogP contribution in [0.1, 0.15) is 11.6 Å². The Balaban J connectivity index is 1.70. The number of nitrogens with one attached hydrogen (secondary N) is 1. The van der Waals surface area contributed by atoms with Crippen LogP contribution in [0.5, 0.6) is 0 Å². The normalized spacial score (nSPS) is 11.1. The molecule has 4 rings (SSSR count). The summed E-state index contributed by atoms with van der Waals surface area (Å²) in [6, 6.07) is 20.3. The summed E-state index contributed by atoms with van der Waals surface area (Å²) in [5.74, 6) is 1.19. The minimum atomic E-state index is -0.578. The number of furan rings is 1. The summed E-state index contributed by atoms with van der Waals surface area (Å²) in [6.07, 6.45) is 3.26. The van der Waals surface area contributed by atoms with Crippen molar-refractivity contribution < 1.29 is 9.34 Å². The van der Waals surface area contributed by atoms with Crippen molar-refractivity contribution in [1.29, 1.82) is 0 Å². The number of para-hydroxylation sites is 2. The predicted molar refractivity (Wildman–Crippen MR) is 104 cm³/mol. The van der Waals surface area contributed by atoms with Crippen LogP contribution in [0.2, 0.25) is 0 Å². The predicted octanol–water partition coefficient (Wildman–Crippen LogP) is 5.05. The van der Waals surface area contributed by atoms with E-state index in [1.165, 1.54) is 12.1 Å². The van der Waals surface area contributed by atoms with E-state index >= 15 is 0 Å². The number of anilines is 2. The van der Waals surface area contributed by atoms with E-state index in [4.69, 9.17) is 4.42 Å². The van der Waals surface area contributed by atoms with Crippen molar-refractivity contribution in [2.75, 3.05) is 5.32 Å². The average Bonchev–Trinajstić information content (AvgIpc) is 3.17. The fraction of sp³-hybridized carbons (Fsp3) is 0. The van der Waals surface area contributed by atoms with Crippen molar-refractivity contribution in [3.05, 3.63) is 88.4 Å². The van der Waals surface area contributed by atoms with Gasteiger partial charge in [0.05, 0.1) is 11.6 Å². The van der Waals surface area contributed by atoms with Crippen molar-refractivity contribution in [2.24, 2.45) is 0 Å². The molecule has 0 aliphatic carbocycles. The molecule has 0 bridgehead atoms. The molecule has 7 heteroatoms. The topological polar surface area (TPSA) is 94.1 Å². The number of hydrogen-bond donors (Lipinski definition) is 1. The maximum Gasteiger partial charge on any atom is 0.433 e. The molecule has 1 N–H and O–H groups in total. The summed E-state index contributed by atoms with van der Waals surface area (Å²) in [5.41, 5.74) is 1.70. The number of hydrogen-bond acceptors (Lipinski definition) is 6. The van der Waals surface area contributed by atoms with Crippen molar-refractivity contribution >= 4 is 40.4 Å². The summed E-state index contributed by atoms with van der Waals surface area (Å²) in [6.45, 7) is 0. The Morgan fingerprint density at radius 2 is 1.70 bits per heavy atom. The molecule has 27 heavy (non-hydrogen) atoms. The Morgan fingerprint density at radius 3 is 2.48 bits per heavy atom. The first-order valence-electron chi connectivity index (χ1n) is 8.20.